The van der Waals surface area contributed by atoms with Crippen molar-refractivity contribution in [3.8, 4) is 0 Å². The molecule has 1 unspecified atom stereocenters. The van der Waals surface area contributed by atoms with Crippen molar-refractivity contribution in [3.05, 3.63) is 99.8 Å². The SMILES string of the molecule is CSCCC(NC(=O)c1ccccc1)c1nc2ccccc2n1Cc1ccc(Cl)c(Cl)c1. The summed E-state index contributed by atoms with van der Waals surface area (Å²) in [5.41, 5.74) is 3.55. The van der Waals surface area contributed by atoms with Crippen LogP contribution < -0.4 is 5.32 Å². The third-order valence-corrected chi connectivity index (χ3v) is 6.66. The number of aromatic nitrogens is 2. The number of amides is 1. The van der Waals surface area contributed by atoms with Crippen LogP contribution in [0.1, 0.15) is 34.2 Å². The second kappa shape index (κ2) is 10.4. The molecule has 0 spiro atoms. The minimum absolute atomic E-state index is 0.107. The van der Waals surface area contributed by atoms with Crippen molar-refractivity contribution in [3.63, 3.8) is 0 Å². The van der Waals surface area contributed by atoms with Gasteiger partial charge in [-0.05, 0) is 60.4 Å². The van der Waals surface area contributed by atoms with E-state index in [2.05, 4.69) is 16.1 Å². The zero-order chi connectivity index (χ0) is 22.5. The number of hydrogen-bond donors (Lipinski definition) is 1. The predicted molar refractivity (Wildman–Crippen MR) is 135 cm³/mol. The van der Waals surface area contributed by atoms with E-state index >= 15 is 0 Å². The van der Waals surface area contributed by atoms with E-state index in [4.69, 9.17) is 28.2 Å². The molecule has 4 rings (SSSR count). The van der Waals surface area contributed by atoms with Gasteiger partial charge in [-0.25, -0.2) is 4.98 Å². The van der Waals surface area contributed by atoms with Gasteiger partial charge < -0.3 is 9.88 Å². The minimum atomic E-state index is -0.231. The zero-order valence-corrected chi connectivity index (χ0v) is 19.9. The number of carbonyl (C=O) groups is 1. The van der Waals surface area contributed by atoms with Crippen molar-refractivity contribution in [2.24, 2.45) is 0 Å². The molecule has 32 heavy (non-hydrogen) atoms. The normalized spacial score (nSPS) is 12.1. The highest BCUT2D eigenvalue weighted by Gasteiger charge is 2.23. The fourth-order valence-corrected chi connectivity index (χ4v) is 4.47. The fourth-order valence-electron chi connectivity index (χ4n) is 3.68. The van der Waals surface area contributed by atoms with E-state index in [1.54, 1.807) is 17.8 Å². The van der Waals surface area contributed by atoms with Gasteiger partial charge in [0.15, 0.2) is 0 Å². The molecule has 0 aliphatic rings. The van der Waals surface area contributed by atoms with Crippen LogP contribution in [0.5, 0.6) is 0 Å². The summed E-state index contributed by atoms with van der Waals surface area (Å²) in [5.74, 6) is 1.62. The molecule has 0 aliphatic carbocycles. The second-order valence-electron chi connectivity index (χ2n) is 7.47. The van der Waals surface area contributed by atoms with E-state index in [0.29, 0.717) is 22.2 Å². The third-order valence-electron chi connectivity index (χ3n) is 5.27. The summed E-state index contributed by atoms with van der Waals surface area (Å²) in [6.45, 7) is 0.573. The van der Waals surface area contributed by atoms with Crippen molar-refractivity contribution in [1.82, 2.24) is 14.9 Å². The van der Waals surface area contributed by atoms with E-state index in [-0.39, 0.29) is 11.9 Å². The van der Waals surface area contributed by atoms with Gasteiger partial charge in [0.2, 0.25) is 0 Å². The molecule has 3 aromatic carbocycles. The molecule has 0 bridgehead atoms. The van der Waals surface area contributed by atoms with Crippen molar-refractivity contribution in [2.45, 2.75) is 19.0 Å². The number of imidazole rings is 1. The molecule has 0 aliphatic heterocycles. The molecule has 0 saturated heterocycles. The first-order valence-electron chi connectivity index (χ1n) is 10.3. The number of rotatable bonds is 8. The number of fused-ring (bicyclic) bond motifs is 1. The van der Waals surface area contributed by atoms with Crippen LogP contribution in [-0.2, 0) is 6.54 Å². The molecule has 4 aromatic rings. The molecule has 4 nitrogen and oxygen atoms in total. The van der Waals surface area contributed by atoms with Crippen LogP contribution in [0.25, 0.3) is 11.0 Å². The zero-order valence-electron chi connectivity index (χ0n) is 17.6. The van der Waals surface area contributed by atoms with Crippen molar-refractivity contribution in [2.75, 3.05) is 12.0 Å². The van der Waals surface area contributed by atoms with Crippen LogP contribution in [0.2, 0.25) is 10.0 Å². The minimum Gasteiger partial charge on any atom is -0.342 e. The Hall–Kier alpha value is -2.47. The van der Waals surface area contributed by atoms with E-state index in [9.17, 15) is 4.79 Å². The maximum absolute atomic E-state index is 13.0. The monoisotopic (exact) mass is 483 g/mol. The van der Waals surface area contributed by atoms with Gasteiger partial charge in [-0.15, -0.1) is 0 Å². The number of nitrogens with one attached hydrogen (secondary N) is 1. The highest BCUT2D eigenvalue weighted by Crippen LogP contribution is 2.28. The number of nitrogens with zero attached hydrogens (tertiary/aromatic N) is 2. The first kappa shape index (κ1) is 22.7. The summed E-state index contributed by atoms with van der Waals surface area (Å²) in [5, 5.41) is 4.26. The molecular weight excluding hydrogens is 461 g/mol. The van der Waals surface area contributed by atoms with Gasteiger partial charge in [0.25, 0.3) is 5.91 Å². The van der Waals surface area contributed by atoms with Gasteiger partial charge in [-0.1, -0.05) is 59.6 Å². The molecule has 1 aromatic heterocycles. The Kier molecular flexibility index (Phi) is 7.40. The Bertz CT molecular complexity index is 1230. The molecule has 1 heterocycles. The maximum atomic E-state index is 13.0. The Morgan fingerprint density at radius 3 is 2.53 bits per heavy atom. The summed E-state index contributed by atoms with van der Waals surface area (Å²) in [6.07, 6.45) is 2.83. The molecule has 0 saturated carbocycles. The lowest BCUT2D eigenvalue weighted by Gasteiger charge is -2.20. The Balaban J connectivity index is 1.74. The van der Waals surface area contributed by atoms with Crippen LogP contribution in [-0.4, -0.2) is 27.5 Å². The first-order valence-corrected chi connectivity index (χ1v) is 12.5. The van der Waals surface area contributed by atoms with Gasteiger partial charge in [-0.2, -0.15) is 11.8 Å². The molecule has 1 atom stereocenters. The van der Waals surface area contributed by atoms with E-state index in [0.717, 1.165) is 34.6 Å². The van der Waals surface area contributed by atoms with E-state index in [1.165, 1.54) is 0 Å². The van der Waals surface area contributed by atoms with Gasteiger partial charge in [0.05, 0.1) is 27.1 Å². The van der Waals surface area contributed by atoms with E-state index < -0.39 is 0 Å². The quantitative estimate of drug-likeness (QED) is 0.306. The molecule has 0 fully saturated rings. The first-order chi connectivity index (χ1) is 15.6. The predicted octanol–water partition coefficient (Wildman–Crippen LogP) is 6.62. The van der Waals surface area contributed by atoms with Crippen LogP contribution in [0.15, 0.2) is 72.8 Å². The third kappa shape index (κ3) is 5.12. The van der Waals surface area contributed by atoms with Gasteiger partial charge in [0.1, 0.15) is 5.82 Å². The Morgan fingerprint density at radius 2 is 1.78 bits per heavy atom. The number of para-hydroxylation sites is 2. The molecule has 164 valence electrons. The summed E-state index contributed by atoms with van der Waals surface area (Å²) in [4.78, 5) is 17.9. The summed E-state index contributed by atoms with van der Waals surface area (Å²) in [6, 6.07) is 22.7. The molecule has 1 N–H and O–H groups in total. The van der Waals surface area contributed by atoms with Crippen LogP contribution >= 0.6 is 35.0 Å². The fraction of sp³-hybridized carbons (Fsp3) is 0.200. The standard InChI is InChI=1S/C25H23Cl2N3OS/c1-32-14-13-22(29-25(31)18-7-3-2-4-8-18)24-28-21-9-5-6-10-23(21)30(24)16-17-11-12-19(26)20(27)15-17/h2-12,15,22H,13-14,16H2,1H3,(H,29,31). The summed E-state index contributed by atoms with van der Waals surface area (Å²) < 4.78 is 2.16. The number of benzene rings is 3. The van der Waals surface area contributed by atoms with Gasteiger partial charge in [-0.3, -0.25) is 4.79 Å². The molecular formula is C25H23Cl2N3OS. The van der Waals surface area contributed by atoms with Crippen molar-refractivity contribution < 1.29 is 4.79 Å². The maximum Gasteiger partial charge on any atom is 0.251 e. The van der Waals surface area contributed by atoms with E-state index in [1.807, 2.05) is 66.7 Å². The number of halogens is 2. The highest BCUT2D eigenvalue weighted by atomic mass is 35.5. The van der Waals surface area contributed by atoms with Crippen LogP contribution in [0.3, 0.4) is 0 Å². The Labute approximate surface area is 201 Å². The number of thioether (sulfide) groups is 1. The smallest absolute Gasteiger partial charge is 0.251 e. The molecule has 7 heteroatoms. The van der Waals surface area contributed by atoms with Gasteiger partial charge in [0, 0.05) is 12.1 Å². The lowest BCUT2D eigenvalue weighted by molar-refractivity contribution is 0.0933. The Morgan fingerprint density at radius 1 is 1.03 bits per heavy atom. The largest absolute Gasteiger partial charge is 0.342 e. The number of hydrogen-bond acceptors (Lipinski definition) is 3. The average molecular weight is 484 g/mol. The van der Waals surface area contributed by atoms with Crippen LogP contribution in [0, 0.1) is 0 Å². The van der Waals surface area contributed by atoms with Crippen molar-refractivity contribution >= 4 is 51.9 Å². The summed E-state index contributed by atoms with van der Waals surface area (Å²) in [7, 11) is 0. The lowest BCUT2D eigenvalue weighted by Crippen LogP contribution is -2.31. The van der Waals surface area contributed by atoms with Gasteiger partial charge >= 0.3 is 0 Å². The highest BCUT2D eigenvalue weighted by molar-refractivity contribution is 7.98. The topological polar surface area (TPSA) is 46.9 Å². The number of carbonyl (C=O) groups excluding carboxylic acids is 1. The average Bonchev–Trinajstić information content (AvgIpc) is 3.17. The van der Waals surface area contributed by atoms with Crippen molar-refractivity contribution in [1.29, 1.82) is 0 Å². The summed E-state index contributed by atoms with van der Waals surface area (Å²) >= 11 is 14.1. The second-order valence-corrected chi connectivity index (χ2v) is 9.27. The lowest BCUT2D eigenvalue weighted by atomic mass is 10.1. The molecule has 0 radical (unpaired) electrons. The molecule has 1 amide bonds. The van der Waals surface area contributed by atoms with Crippen LogP contribution in [0.4, 0.5) is 0 Å².